The van der Waals surface area contributed by atoms with Crippen molar-refractivity contribution >= 4 is 27.8 Å². The zero-order valence-electron chi connectivity index (χ0n) is 14.5. The highest BCUT2D eigenvalue weighted by Crippen LogP contribution is 2.23. The van der Waals surface area contributed by atoms with E-state index in [-0.39, 0.29) is 35.4 Å². The highest BCUT2D eigenvalue weighted by molar-refractivity contribution is 7.89. The molecule has 0 bridgehead atoms. The molecule has 0 saturated heterocycles. The van der Waals surface area contributed by atoms with Crippen molar-refractivity contribution in [3.8, 4) is 0 Å². The van der Waals surface area contributed by atoms with Gasteiger partial charge in [0.15, 0.2) is 0 Å². The number of rotatable bonds is 7. The van der Waals surface area contributed by atoms with Crippen LogP contribution in [0, 0.1) is 0 Å². The summed E-state index contributed by atoms with van der Waals surface area (Å²) in [5, 5.41) is 14.3. The minimum Gasteiger partial charge on any atom is -0.480 e. The van der Waals surface area contributed by atoms with E-state index in [1.807, 2.05) is 0 Å². The van der Waals surface area contributed by atoms with Gasteiger partial charge in [0.05, 0.1) is 4.90 Å². The molecule has 0 aliphatic carbocycles. The lowest BCUT2D eigenvalue weighted by molar-refractivity contribution is -0.140. The Morgan fingerprint density at radius 2 is 2.08 bits per heavy atom. The molecule has 26 heavy (non-hydrogen) atoms. The first-order chi connectivity index (χ1) is 12.1. The molecular weight excluding hydrogens is 362 g/mol. The number of nitrogens with zero attached hydrogens (tertiary/aromatic N) is 1. The van der Waals surface area contributed by atoms with Gasteiger partial charge in [-0.25, -0.2) is 8.42 Å². The Hall–Kier alpha value is -2.46. The number of hydrogen-bond donors (Lipinski definition) is 3. The minimum absolute atomic E-state index is 0.0301. The maximum atomic E-state index is 13.0. The Bertz CT molecular complexity index is 836. The Morgan fingerprint density at radius 1 is 1.38 bits per heavy atom. The van der Waals surface area contributed by atoms with E-state index in [1.165, 1.54) is 26.0 Å². The van der Waals surface area contributed by atoms with E-state index in [4.69, 9.17) is 0 Å². The molecule has 0 saturated carbocycles. The number of carboxylic acid groups (broad SMARTS) is 1. The summed E-state index contributed by atoms with van der Waals surface area (Å²) in [7, 11) is -4.18. The molecule has 0 radical (unpaired) electrons. The van der Waals surface area contributed by atoms with Crippen LogP contribution in [0.2, 0.25) is 0 Å². The second kappa shape index (κ2) is 7.83. The molecule has 1 aliphatic rings. The van der Waals surface area contributed by atoms with Crippen molar-refractivity contribution in [3.05, 3.63) is 29.3 Å². The van der Waals surface area contributed by atoms with Gasteiger partial charge in [0, 0.05) is 32.1 Å². The summed E-state index contributed by atoms with van der Waals surface area (Å²) in [4.78, 5) is 34.1. The van der Waals surface area contributed by atoms with Gasteiger partial charge in [-0.1, -0.05) is 6.07 Å². The van der Waals surface area contributed by atoms with Crippen molar-refractivity contribution < 1.29 is 27.9 Å². The van der Waals surface area contributed by atoms with Crippen molar-refractivity contribution in [2.24, 2.45) is 0 Å². The van der Waals surface area contributed by atoms with Crippen LogP contribution in [0.25, 0.3) is 0 Å². The van der Waals surface area contributed by atoms with Gasteiger partial charge in [0.25, 0.3) is 5.91 Å². The fourth-order valence-corrected chi connectivity index (χ4v) is 4.29. The maximum absolute atomic E-state index is 13.0. The lowest BCUT2D eigenvalue weighted by Crippen LogP contribution is -2.46. The third-order valence-electron chi connectivity index (χ3n) is 4.11. The highest BCUT2D eigenvalue weighted by Gasteiger charge is 2.33. The molecule has 1 aromatic rings. The van der Waals surface area contributed by atoms with E-state index in [9.17, 15) is 27.9 Å². The maximum Gasteiger partial charge on any atom is 0.321 e. The van der Waals surface area contributed by atoms with E-state index >= 15 is 0 Å². The first-order valence-electron chi connectivity index (χ1n) is 8.05. The van der Waals surface area contributed by atoms with Crippen molar-refractivity contribution in [3.63, 3.8) is 0 Å². The molecule has 10 heteroatoms. The van der Waals surface area contributed by atoms with Gasteiger partial charge >= 0.3 is 5.97 Å². The van der Waals surface area contributed by atoms with Gasteiger partial charge in [-0.2, -0.15) is 4.31 Å². The number of hydrogen-bond acceptors (Lipinski definition) is 5. The smallest absolute Gasteiger partial charge is 0.321 e. The third kappa shape index (κ3) is 4.20. The minimum atomic E-state index is -4.18. The Labute approximate surface area is 151 Å². The average Bonchev–Trinajstić information content (AvgIpc) is 2.57. The predicted molar refractivity (Wildman–Crippen MR) is 92.2 cm³/mol. The Balaban J connectivity index is 2.39. The van der Waals surface area contributed by atoms with Crippen LogP contribution in [0.3, 0.4) is 0 Å². The van der Waals surface area contributed by atoms with Crippen LogP contribution >= 0.6 is 0 Å². The molecular formula is C16H21N3O6S. The summed E-state index contributed by atoms with van der Waals surface area (Å²) >= 11 is 0. The molecule has 9 nitrogen and oxygen atoms in total. The van der Waals surface area contributed by atoms with Gasteiger partial charge < -0.3 is 15.7 Å². The molecule has 1 aromatic carbocycles. The molecule has 3 N–H and O–H groups in total. The van der Waals surface area contributed by atoms with Crippen LogP contribution in [-0.2, 0) is 26.0 Å². The van der Waals surface area contributed by atoms with Crippen molar-refractivity contribution in [1.82, 2.24) is 14.9 Å². The molecule has 1 atom stereocenters. The van der Waals surface area contributed by atoms with E-state index in [1.54, 1.807) is 6.07 Å². The molecule has 1 unspecified atom stereocenters. The quantitative estimate of drug-likeness (QED) is 0.585. The number of nitrogens with one attached hydrogen (secondary N) is 2. The zero-order valence-corrected chi connectivity index (χ0v) is 15.3. The topological polar surface area (TPSA) is 133 Å². The summed E-state index contributed by atoms with van der Waals surface area (Å²) in [5.41, 5.74) is 1.01. The first-order valence-corrected chi connectivity index (χ1v) is 9.49. The number of carboxylic acids is 1. The van der Waals surface area contributed by atoms with Crippen molar-refractivity contribution in [2.75, 3.05) is 19.6 Å². The molecule has 0 fully saturated rings. The highest BCUT2D eigenvalue weighted by atomic mass is 32.2. The predicted octanol–water partition coefficient (Wildman–Crippen LogP) is -0.428. The fourth-order valence-electron chi connectivity index (χ4n) is 2.67. The summed E-state index contributed by atoms with van der Waals surface area (Å²) < 4.78 is 26.7. The number of carbonyl (C=O) groups is 3. The monoisotopic (exact) mass is 383 g/mol. The van der Waals surface area contributed by atoms with Gasteiger partial charge in [-0.05, 0) is 31.0 Å². The zero-order chi connectivity index (χ0) is 19.5. The van der Waals surface area contributed by atoms with Crippen molar-refractivity contribution in [1.29, 1.82) is 0 Å². The summed E-state index contributed by atoms with van der Waals surface area (Å²) in [6.45, 7) is 2.77. The van der Waals surface area contributed by atoms with Crippen LogP contribution in [0.1, 0.15) is 29.8 Å². The second-order valence-electron chi connectivity index (χ2n) is 5.94. The van der Waals surface area contributed by atoms with Crippen LogP contribution in [0.4, 0.5) is 0 Å². The SMILES string of the molecule is CC(=O)NCCN(C(C)C(=O)O)S(=O)(=O)c1ccc2c(c1)C(=O)NCC2. The van der Waals surface area contributed by atoms with Gasteiger partial charge in [0.1, 0.15) is 6.04 Å². The molecule has 2 amide bonds. The van der Waals surface area contributed by atoms with Crippen molar-refractivity contribution in [2.45, 2.75) is 31.2 Å². The summed E-state index contributed by atoms with van der Waals surface area (Å²) in [6.07, 6.45) is 0.596. The molecule has 142 valence electrons. The van der Waals surface area contributed by atoms with E-state index < -0.39 is 22.0 Å². The molecule has 1 aliphatic heterocycles. The summed E-state index contributed by atoms with van der Waals surface area (Å²) in [5.74, 6) is -2.03. The molecule has 1 heterocycles. The molecule has 0 aromatic heterocycles. The number of sulfonamides is 1. The largest absolute Gasteiger partial charge is 0.480 e. The molecule has 0 spiro atoms. The second-order valence-corrected chi connectivity index (χ2v) is 7.83. The first kappa shape index (κ1) is 19.9. The number of benzene rings is 1. The average molecular weight is 383 g/mol. The Kier molecular flexibility index (Phi) is 5.98. The lowest BCUT2D eigenvalue weighted by atomic mass is 10.0. The number of aliphatic carboxylic acids is 1. The summed E-state index contributed by atoms with van der Waals surface area (Å²) in [6, 6.07) is 2.86. The number of carbonyl (C=O) groups excluding carboxylic acids is 2. The van der Waals surface area contributed by atoms with Crippen LogP contribution in [0.5, 0.6) is 0 Å². The van der Waals surface area contributed by atoms with Gasteiger partial charge in [-0.15, -0.1) is 0 Å². The number of fused-ring (bicyclic) bond motifs is 1. The lowest BCUT2D eigenvalue weighted by Gasteiger charge is -2.26. The fraction of sp³-hybridized carbons (Fsp3) is 0.438. The van der Waals surface area contributed by atoms with Crippen LogP contribution in [-0.4, -0.2) is 61.3 Å². The third-order valence-corrected chi connectivity index (χ3v) is 6.07. The Morgan fingerprint density at radius 3 is 2.69 bits per heavy atom. The van der Waals surface area contributed by atoms with Gasteiger partial charge in [0.2, 0.25) is 15.9 Å². The van der Waals surface area contributed by atoms with Crippen LogP contribution < -0.4 is 10.6 Å². The van der Waals surface area contributed by atoms with Crippen LogP contribution in [0.15, 0.2) is 23.1 Å². The van der Waals surface area contributed by atoms with E-state index in [2.05, 4.69) is 10.6 Å². The molecule has 2 rings (SSSR count). The standard InChI is InChI=1S/C16H21N3O6S/c1-10(16(22)23)19(8-7-17-11(2)20)26(24,25)13-4-3-12-5-6-18-15(21)14(12)9-13/h3-4,9-10H,5-8H2,1-2H3,(H,17,20)(H,18,21)(H,22,23). The van der Waals surface area contributed by atoms with E-state index in [0.29, 0.717) is 13.0 Å². The van der Waals surface area contributed by atoms with Gasteiger partial charge in [-0.3, -0.25) is 14.4 Å². The normalized spacial score (nSPS) is 15.1. The van der Waals surface area contributed by atoms with E-state index in [0.717, 1.165) is 9.87 Å². The number of amides is 2.